The minimum Gasteiger partial charge on any atom is -0.548 e. The Morgan fingerprint density at radius 2 is 1.85 bits per heavy atom. The molecular formula is C24H21N2O7-. The predicted molar refractivity (Wildman–Crippen MR) is 118 cm³/mol. The Morgan fingerprint density at radius 1 is 1.12 bits per heavy atom. The third-order valence-electron chi connectivity index (χ3n) is 5.67. The van der Waals surface area contributed by atoms with Crippen LogP contribution in [-0.4, -0.2) is 33.1 Å². The number of carboxylic acid groups (broad SMARTS) is 1. The first-order valence-corrected chi connectivity index (χ1v) is 10.3. The summed E-state index contributed by atoms with van der Waals surface area (Å²) >= 11 is 0. The molecule has 33 heavy (non-hydrogen) atoms. The topological polar surface area (TPSA) is 156 Å². The highest BCUT2D eigenvalue weighted by Gasteiger charge is 2.18. The number of aromatic amines is 1. The van der Waals surface area contributed by atoms with Crippen molar-refractivity contribution < 1.29 is 29.3 Å². The summed E-state index contributed by atoms with van der Waals surface area (Å²) in [5.41, 5.74) is 1.88. The van der Waals surface area contributed by atoms with E-state index in [1.165, 1.54) is 24.3 Å². The van der Waals surface area contributed by atoms with Crippen molar-refractivity contribution in [1.29, 1.82) is 0 Å². The molecule has 0 aliphatic carbocycles. The van der Waals surface area contributed by atoms with E-state index in [1.807, 2.05) is 0 Å². The van der Waals surface area contributed by atoms with Crippen LogP contribution in [0.4, 0.5) is 0 Å². The van der Waals surface area contributed by atoms with Gasteiger partial charge in [-0.3, -0.25) is 4.79 Å². The molecule has 0 spiro atoms. The number of phenols is 2. The van der Waals surface area contributed by atoms with Crippen LogP contribution >= 0.6 is 0 Å². The Labute approximate surface area is 187 Å². The lowest BCUT2D eigenvalue weighted by Gasteiger charge is -2.19. The van der Waals surface area contributed by atoms with Gasteiger partial charge in [0.2, 0.25) is 5.91 Å². The lowest BCUT2D eigenvalue weighted by molar-refractivity contribution is -0.308. The van der Waals surface area contributed by atoms with E-state index in [1.54, 1.807) is 25.3 Å². The van der Waals surface area contributed by atoms with Gasteiger partial charge in [-0.15, -0.1) is 0 Å². The maximum Gasteiger partial charge on any atom is 0.339 e. The monoisotopic (exact) mass is 449 g/mol. The fourth-order valence-electron chi connectivity index (χ4n) is 3.93. The maximum atomic E-state index is 12.5. The molecule has 1 atom stereocenters. The smallest absolute Gasteiger partial charge is 0.339 e. The standard InChI is InChI=1S/C24H22N2O7/c1-12-16-4-2-15(28)10-21(16)33-24(32)17(12)5-7-22(29)26-20(23(30)31)8-13-11-25-19-6-3-14(27)9-18(13)19/h2-4,6,9-11,20,25,27-28H,5,7-8H2,1H3,(H,26,29)(H,30,31)/p-1/t20-/m0/s1. The number of aliphatic carboxylic acids is 1. The first kappa shape index (κ1) is 21.9. The zero-order valence-corrected chi connectivity index (χ0v) is 17.7. The van der Waals surface area contributed by atoms with Crippen LogP contribution in [0.25, 0.3) is 21.9 Å². The van der Waals surface area contributed by atoms with E-state index in [9.17, 15) is 29.7 Å². The predicted octanol–water partition coefficient (Wildman–Crippen LogP) is 1.40. The fraction of sp³-hybridized carbons (Fsp3) is 0.208. The number of H-pyrrole nitrogens is 1. The largest absolute Gasteiger partial charge is 0.548 e. The normalized spacial score (nSPS) is 12.2. The number of hydrogen-bond donors (Lipinski definition) is 4. The molecule has 170 valence electrons. The molecule has 9 heteroatoms. The molecule has 9 nitrogen and oxygen atoms in total. The number of aromatic nitrogens is 1. The molecular weight excluding hydrogens is 428 g/mol. The van der Waals surface area contributed by atoms with Gasteiger partial charge in [-0.1, -0.05) is 0 Å². The second kappa shape index (κ2) is 8.70. The summed E-state index contributed by atoms with van der Waals surface area (Å²) in [5.74, 6) is -2.00. The molecule has 4 rings (SSSR count). The quantitative estimate of drug-likeness (QED) is 0.311. The third-order valence-corrected chi connectivity index (χ3v) is 5.67. The molecule has 0 saturated heterocycles. The van der Waals surface area contributed by atoms with E-state index in [-0.39, 0.29) is 36.3 Å². The fourth-order valence-corrected chi connectivity index (χ4v) is 3.93. The lowest BCUT2D eigenvalue weighted by Crippen LogP contribution is -2.49. The van der Waals surface area contributed by atoms with Crippen LogP contribution in [0.1, 0.15) is 23.1 Å². The molecule has 2 heterocycles. The van der Waals surface area contributed by atoms with Crippen molar-refractivity contribution in [2.45, 2.75) is 32.2 Å². The molecule has 0 aliphatic heterocycles. The van der Waals surface area contributed by atoms with Crippen molar-refractivity contribution in [3.63, 3.8) is 0 Å². The number of carboxylic acids is 1. The number of aromatic hydroxyl groups is 2. The zero-order valence-electron chi connectivity index (χ0n) is 17.7. The van der Waals surface area contributed by atoms with Crippen molar-refractivity contribution in [1.82, 2.24) is 10.3 Å². The van der Waals surface area contributed by atoms with Gasteiger partial charge in [0.1, 0.15) is 17.1 Å². The van der Waals surface area contributed by atoms with Crippen LogP contribution in [0, 0.1) is 6.92 Å². The van der Waals surface area contributed by atoms with Crippen molar-refractivity contribution in [3.05, 3.63) is 69.7 Å². The van der Waals surface area contributed by atoms with Gasteiger partial charge in [0.25, 0.3) is 0 Å². The van der Waals surface area contributed by atoms with E-state index in [2.05, 4.69) is 10.3 Å². The first-order chi connectivity index (χ1) is 15.7. The molecule has 4 N–H and O–H groups in total. The van der Waals surface area contributed by atoms with Crippen molar-refractivity contribution in [2.24, 2.45) is 0 Å². The molecule has 2 aromatic carbocycles. The van der Waals surface area contributed by atoms with E-state index < -0.39 is 23.5 Å². The van der Waals surface area contributed by atoms with E-state index >= 15 is 0 Å². The van der Waals surface area contributed by atoms with Gasteiger partial charge in [-0.25, -0.2) is 4.79 Å². The van der Waals surface area contributed by atoms with Gasteiger partial charge >= 0.3 is 5.63 Å². The molecule has 0 saturated carbocycles. The number of rotatable bonds is 7. The third kappa shape index (κ3) is 4.52. The number of carbonyl (C=O) groups is 2. The molecule has 0 bridgehead atoms. The Morgan fingerprint density at radius 3 is 2.61 bits per heavy atom. The van der Waals surface area contributed by atoms with Gasteiger partial charge < -0.3 is 34.8 Å². The summed E-state index contributed by atoms with van der Waals surface area (Å²) in [7, 11) is 0. The van der Waals surface area contributed by atoms with Crippen LogP contribution in [-0.2, 0) is 22.4 Å². The molecule has 2 aromatic heterocycles. The minimum atomic E-state index is -1.45. The van der Waals surface area contributed by atoms with E-state index in [4.69, 9.17) is 4.42 Å². The van der Waals surface area contributed by atoms with Crippen LogP contribution in [0.2, 0.25) is 0 Å². The van der Waals surface area contributed by atoms with Crippen LogP contribution in [0.15, 0.2) is 51.8 Å². The summed E-state index contributed by atoms with van der Waals surface area (Å²) < 4.78 is 5.25. The summed E-state index contributed by atoms with van der Waals surface area (Å²) in [6, 6.07) is 7.83. The molecule has 0 fully saturated rings. The first-order valence-electron chi connectivity index (χ1n) is 10.3. The van der Waals surface area contributed by atoms with Gasteiger partial charge in [-0.05, 0) is 54.8 Å². The lowest BCUT2D eigenvalue weighted by atomic mass is 10.0. The summed E-state index contributed by atoms with van der Waals surface area (Å²) in [4.78, 5) is 39.5. The Hall–Kier alpha value is -4.27. The van der Waals surface area contributed by atoms with Gasteiger partial charge in [0.05, 0.1) is 12.0 Å². The zero-order chi connectivity index (χ0) is 23.7. The SMILES string of the molecule is Cc1c(CCC(=O)N[C@@H](Cc2c[nH]c3ccc(O)cc23)C(=O)[O-])c(=O)oc2cc(O)ccc12. The van der Waals surface area contributed by atoms with Crippen molar-refractivity contribution >= 4 is 33.7 Å². The number of aryl methyl sites for hydroxylation is 1. The Bertz CT molecular complexity index is 1430. The Balaban J connectivity index is 1.48. The number of hydrogen-bond acceptors (Lipinski definition) is 7. The number of amides is 1. The molecule has 0 aliphatic rings. The summed E-state index contributed by atoms with van der Waals surface area (Å²) in [6.07, 6.45) is 1.50. The molecule has 4 aromatic rings. The number of carbonyl (C=O) groups excluding carboxylic acids is 2. The summed E-state index contributed by atoms with van der Waals surface area (Å²) in [5, 5.41) is 34.7. The second-order valence-electron chi connectivity index (χ2n) is 7.86. The number of phenolic OH excluding ortho intramolecular Hbond substituents is 2. The second-order valence-corrected chi connectivity index (χ2v) is 7.86. The minimum absolute atomic E-state index is 0.0316. The number of fused-ring (bicyclic) bond motifs is 2. The van der Waals surface area contributed by atoms with Crippen molar-refractivity contribution in [3.8, 4) is 11.5 Å². The van der Waals surface area contributed by atoms with Crippen molar-refractivity contribution in [2.75, 3.05) is 0 Å². The molecule has 0 radical (unpaired) electrons. The number of benzene rings is 2. The number of nitrogens with one attached hydrogen (secondary N) is 2. The summed E-state index contributed by atoms with van der Waals surface area (Å²) in [6.45, 7) is 1.72. The van der Waals surface area contributed by atoms with Crippen LogP contribution < -0.4 is 16.0 Å². The van der Waals surface area contributed by atoms with Crippen LogP contribution in [0.3, 0.4) is 0 Å². The van der Waals surface area contributed by atoms with Gasteiger partial charge in [0.15, 0.2) is 0 Å². The van der Waals surface area contributed by atoms with E-state index in [0.29, 0.717) is 27.5 Å². The average Bonchev–Trinajstić information content (AvgIpc) is 3.14. The highest BCUT2D eigenvalue weighted by molar-refractivity contribution is 5.87. The van der Waals surface area contributed by atoms with E-state index in [0.717, 1.165) is 5.52 Å². The average molecular weight is 449 g/mol. The Kier molecular flexibility index (Phi) is 5.78. The molecule has 0 unspecified atom stereocenters. The highest BCUT2D eigenvalue weighted by atomic mass is 16.4. The maximum absolute atomic E-state index is 12.5. The molecule has 1 amide bonds. The van der Waals surface area contributed by atoms with Gasteiger partial charge in [0, 0.05) is 47.0 Å². The van der Waals surface area contributed by atoms with Crippen LogP contribution in [0.5, 0.6) is 11.5 Å². The van der Waals surface area contributed by atoms with Gasteiger partial charge in [-0.2, -0.15) is 0 Å². The highest BCUT2D eigenvalue weighted by Crippen LogP contribution is 2.25.